The summed E-state index contributed by atoms with van der Waals surface area (Å²) in [6.07, 6.45) is 0. The Morgan fingerprint density at radius 3 is 1.46 bits per heavy atom. The molecule has 0 unspecified atom stereocenters. The summed E-state index contributed by atoms with van der Waals surface area (Å²) in [7, 11) is 0. The molecule has 0 amide bonds. The van der Waals surface area contributed by atoms with Crippen LogP contribution in [0.2, 0.25) is 0 Å². The quantitative estimate of drug-likeness (QED) is 0.239. The summed E-state index contributed by atoms with van der Waals surface area (Å²) in [5.74, 6) is 0. The fraction of sp³-hybridized carbons (Fsp3) is 0.0833. The number of benzene rings is 3. The van der Waals surface area contributed by atoms with E-state index in [-0.39, 0.29) is 0 Å². The van der Waals surface area contributed by atoms with Gasteiger partial charge in [-0.1, -0.05) is 91.0 Å². The fourth-order valence-corrected chi connectivity index (χ4v) is 5.96. The Hall–Kier alpha value is -1.72. The molecular weight excluding hydrogens is 496 g/mol. The van der Waals surface area contributed by atoms with Gasteiger partial charge in [-0.05, 0) is 54.6 Å². The number of rotatable bonds is 6. The topological polar surface area (TPSA) is 9.23 Å². The lowest BCUT2D eigenvalue weighted by Crippen LogP contribution is -2.32. The van der Waals surface area contributed by atoms with E-state index < -0.39 is 5.60 Å². The zero-order valence-corrected chi connectivity index (χ0v) is 19.0. The molecule has 0 aliphatic heterocycles. The van der Waals surface area contributed by atoms with Crippen molar-refractivity contribution < 1.29 is 4.74 Å². The van der Waals surface area contributed by atoms with Crippen LogP contribution in [0.15, 0.2) is 105 Å². The van der Waals surface area contributed by atoms with Gasteiger partial charge in [-0.25, -0.2) is 0 Å². The average molecular weight is 514 g/mol. The van der Waals surface area contributed by atoms with Gasteiger partial charge < -0.3 is 4.74 Å². The smallest absolute Gasteiger partial charge is 0.144 e. The van der Waals surface area contributed by atoms with Crippen LogP contribution in [0.4, 0.5) is 0 Å². The predicted octanol–water partition coefficient (Wildman–Crippen LogP) is 7.78. The lowest BCUT2D eigenvalue weighted by molar-refractivity contribution is 0.00140. The molecule has 0 aliphatic rings. The highest BCUT2D eigenvalue weighted by atomic mass is 79.9. The molecule has 1 nitrogen and oxygen atoms in total. The third kappa shape index (κ3) is 3.87. The summed E-state index contributed by atoms with van der Waals surface area (Å²) in [4.78, 5) is 1.15. The molecule has 1 heterocycles. The van der Waals surface area contributed by atoms with Crippen molar-refractivity contribution >= 4 is 43.2 Å². The van der Waals surface area contributed by atoms with Crippen molar-refractivity contribution in [2.45, 2.75) is 12.2 Å². The van der Waals surface area contributed by atoms with Crippen LogP contribution in [-0.2, 0) is 16.9 Å². The molecule has 0 aliphatic carbocycles. The van der Waals surface area contributed by atoms with E-state index in [2.05, 4.69) is 111 Å². The second kappa shape index (κ2) is 8.75. The van der Waals surface area contributed by atoms with Crippen molar-refractivity contribution in [1.82, 2.24) is 0 Å². The Kier molecular flexibility index (Phi) is 6.12. The molecule has 0 saturated heterocycles. The van der Waals surface area contributed by atoms with E-state index in [0.29, 0.717) is 6.61 Å². The van der Waals surface area contributed by atoms with Gasteiger partial charge in [0.2, 0.25) is 0 Å². The van der Waals surface area contributed by atoms with Crippen molar-refractivity contribution in [3.8, 4) is 0 Å². The lowest BCUT2D eigenvalue weighted by atomic mass is 9.80. The molecule has 0 spiro atoms. The molecular formula is C24H18Br2OS. The van der Waals surface area contributed by atoms with Gasteiger partial charge in [0, 0.05) is 9.35 Å². The third-order valence-corrected chi connectivity index (χ3v) is 7.27. The summed E-state index contributed by atoms with van der Waals surface area (Å²) >= 11 is 8.91. The van der Waals surface area contributed by atoms with Crippen LogP contribution in [-0.4, -0.2) is 0 Å². The number of halogens is 2. The second-order valence-electron chi connectivity index (χ2n) is 6.39. The highest BCUT2D eigenvalue weighted by Crippen LogP contribution is 2.42. The van der Waals surface area contributed by atoms with E-state index in [1.165, 1.54) is 0 Å². The maximum atomic E-state index is 6.83. The predicted molar refractivity (Wildman–Crippen MR) is 124 cm³/mol. The normalized spacial score (nSPS) is 11.5. The van der Waals surface area contributed by atoms with Crippen LogP contribution < -0.4 is 0 Å². The molecule has 0 radical (unpaired) electrons. The van der Waals surface area contributed by atoms with Crippen molar-refractivity contribution in [1.29, 1.82) is 0 Å². The Morgan fingerprint density at radius 1 is 0.679 bits per heavy atom. The summed E-state index contributed by atoms with van der Waals surface area (Å²) in [6.45, 7) is 0.496. The molecule has 3 aromatic carbocycles. The van der Waals surface area contributed by atoms with Gasteiger partial charge in [0.25, 0.3) is 0 Å². The first-order valence-electron chi connectivity index (χ1n) is 8.94. The molecule has 0 saturated carbocycles. The number of hydrogen-bond acceptors (Lipinski definition) is 2. The SMILES string of the molecule is Brc1cc(Br)c(COC(c2ccccc2)(c2ccccc2)c2ccccc2)s1. The molecule has 140 valence electrons. The zero-order valence-electron chi connectivity index (χ0n) is 15.0. The first-order valence-corrected chi connectivity index (χ1v) is 11.3. The van der Waals surface area contributed by atoms with Crippen LogP contribution in [0, 0.1) is 0 Å². The van der Waals surface area contributed by atoms with Gasteiger partial charge >= 0.3 is 0 Å². The second-order valence-corrected chi connectivity index (χ2v) is 9.76. The molecule has 0 bridgehead atoms. The van der Waals surface area contributed by atoms with Gasteiger partial charge in [-0.2, -0.15) is 0 Å². The number of thiophene rings is 1. The zero-order chi connectivity index (χ0) is 19.4. The van der Waals surface area contributed by atoms with E-state index in [1.54, 1.807) is 11.3 Å². The third-order valence-electron chi connectivity index (χ3n) is 4.69. The maximum absolute atomic E-state index is 6.83. The summed E-state index contributed by atoms with van der Waals surface area (Å²) in [5, 5.41) is 0. The summed E-state index contributed by atoms with van der Waals surface area (Å²) in [5.41, 5.74) is 2.64. The molecule has 4 aromatic rings. The van der Waals surface area contributed by atoms with Gasteiger partial charge in [0.05, 0.1) is 10.4 Å². The first kappa shape index (κ1) is 19.6. The van der Waals surface area contributed by atoms with Gasteiger partial charge in [0.15, 0.2) is 0 Å². The fourth-order valence-electron chi connectivity index (χ4n) is 3.42. The Balaban J connectivity index is 1.89. The van der Waals surface area contributed by atoms with E-state index in [0.717, 1.165) is 29.8 Å². The number of hydrogen-bond donors (Lipinski definition) is 0. The minimum atomic E-state index is -0.695. The van der Waals surface area contributed by atoms with Gasteiger partial charge in [-0.3, -0.25) is 0 Å². The van der Waals surface area contributed by atoms with Crippen LogP contribution in [0.5, 0.6) is 0 Å². The molecule has 0 atom stereocenters. The minimum Gasteiger partial charge on any atom is -0.355 e. The van der Waals surface area contributed by atoms with Gasteiger partial charge in [0.1, 0.15) is 5.60 Å². The molecule has 1 aromatic heterocycles. The van der Waals surface area contributed by atoms with Crippen LogP contribution in [0.3, 0.4) is 0 Å². The highest BCUT2D eigenvalue weighted by Gasteiger charge is 2.37. The molecule has 4 rings (SSSR count). The van der Waals surface area contributed by atoms with Crippen LogP contribution >= 0.6 is 43.2 Å². The monoisotopic (exact) mass is 512 g/mol. The van der Waals surface area contributed by atoms with E-state index in [1.807, 2.05) is 18.2 Å². The standard InChI is InChI=1S/C24H18Br2OS/c25-21-16-23(26)28-22(21)17-27-24(18-10-4-1-5-11-18,19-12-6-2-7-13-19)20-14-8-3-9-15-20/h1-16H,17H2. The number of ether oxygens (including phenoxy) is 1. The van der Waals surface area contributed by atoms with Crippen LogP contribution in [0.1, 0.15) is 21.6 Å². The van der Waals surface area contributed by atoms with Crippen molar-refractivity contribution in [2.75, 3.05) is 0 Å². The Morgan fingerprint density at radius 2 is 1.11 bits per heavy atom. The minimum absolute atomic E-state index is 0.496. The average Bonchev–Trinajstić information content (AvgIpc) is 3.08. The lowest BCUT2D eigenvalue weighted by Gasteiger charge is -2.36. The van der Waals surface area contributed by atoms with Crippen molar-refractivity contribution in [3.63, 3.8) is 0 Å². The van der Waals surface area contributed by atoms with Crippen LogP contribution in [0.25, 0.3) is 0 Å². The largest absolute Gasteiger partial charge is 0.355 e. The molecule has 0 N–H and O–H groups in total. The highest BCUT2D eigenvalue weighted by molar-refractivity contribution is 9.11. The molecule has 4 heteroatoms. The van der Waals surface area contributed by atoms with Gasteiger partial charge in [-0.15, -0.1) is 11.3 Å². The van der Waals surface area contributed by atoms with E-state index in [9.17, 15) is 0 Å². The molecule has 28 heavy (non-hydrogen) atoms. The molecule has 0 fully saturated rings. The Bertz CT molecular complexity index is 934. The van der Waals surface area contributed by atoms with E-state index >= 15 is 0 Å². The van der Waals surface area contributed by atoms with Crippen molar-refractivity contribution in [3.05, 3.63) is 127 Å². The Labute approximate surface area is 186 Å². The maximum Gasteiger partial charge on any atom is 0.144 e. The van der Waals surface area contributed by atoms with Crippen molar-refractivity contribution in [2.24, 2.45) is 0 Å². The first-order chi connectivity index (χ1) is 13.7. The summed E-state index contributed by atoms with van der Waals surface area (Å²) < 4.78 is 8.98. The summed E-state index contributed by atoms with van der Waals surface area (Å²) in [6, 6.07) is 33.4. The van der Waals surface area contributed by atoms with E-state index in [4.69, 9.17) is 4.74 Å².